The Kier molecular flexibility index (Phi) is 5.77. The van der Waals surface area contributed by atoms with E-state index in [9.17, 15) is 14.9 Å². The highest BCUT2D eigenvalue weighted by Gasteiger charge is 2.15. The molecule has 0 atom stereocenters. The van der Waals surface area contributed by atoms with E-state index in [1.165, 1.54) is 18.5 Å². The third-order valence-electron chi connectivity index (χ3n) is 4.55. The van der Waals surface area contributed by atoms with Crippen LogP contribution in [0.3, 0.4) is 0 Å². The molecule has 11 heteroatoms. The number of hydrogen-bond donors (Lipinski definition) is 2. The molecule has 4 aromatic rings. The zero-order valence-corrected chi connectivity index (χ0v) is 17.4. The van der Waals surface area contributed by atoms with Crippen LogP contribution in [0.2, 0.25) is 5.02 Å². The van der Waals surface area contributed by atoms with Crippen molar-refractivity contribution in [3.8, 4) is 5.82 Å². The highest BCUT2D eigenvalue weighted by molar-refractivity contribution is 6.34. The molecule has 0 fully saturated rings. The van der Waals surface area contributed by atoms with Gasteiger partial charge in [-0.15, -0.1) is 0 Å². The zero-order chi connectivity index (χ0) is 22.7. The number of imidazole rings is 1. The maximum atomic E-state index is 12.5. The Bertz CT molecular complexity index is 1310. The fourth-order valence-corrected chi connectivity index (χ4v) is 3.21. The number of rotatable bonds is 6. The Balaban J connectivity index is 1.44. The Hall–Kier alpha value is -4.31. The van der Waals surface area contributed by atoms with E-state index in [0.29, 0.717) is 17.3 Å². The number of anilines is 3. The highest BCUT2D eigenvalue weighted by atomic mass is 35.5. The lowest BCUT2D eigenvalue weighted by atomic mass is 10.2. The summed E-state index contributed by atoms with van der Waals surface area (Å²) in [6.45, 7) is 1.88. The van der Waals surface area contributed by atoms with Crippen molar-refractivity contribution in [1.82, 2.24) is 19.5 Å². The first-order valence-corrected chi connectivity index (χ1v) is 9.73. The smallest absolute Gasteiger partial charge is 0.270 e. The van der Waals surface area contributed by atoms with Gasteiger partial charge in [0.2, 0.25) is 0 Å². The van der Waals surface area contributed by atoms with Crippen molar-refractivity contribution in [2.75, 3.05) is 10.6 Å². The summed E-state index contributed by atoms with van der Waals surface area (Å²) in [5.74, 6) is 1.61. The number of carbonyl (C=O) groups is 1. The first kappa shape index (κ1) is 20.9. The third kappa shape index (κ3) is 4.55. The molecule has 0 aliphatic rings. The van der Waals surface area contributed by atoms with E-state index < -0.39 is 10.8 Å². The molecular weight excluding hydrogens is 434 g/mol. The van der Waals surface area contributed by atoms with Gasteiger partial charge in [-0.05, 0) is 37.3 Å². The van der Waals surface area contributed by atoms with Crippen molar-refractivity contribution < 1.29 is 9.72 Å². The van der Waals surface area contributed by atoms with Crippen LogP contribution in [0.4, 0.5) is 22.9 Å². The van der Waals surface area contributed by atoms with Gasteiger partial charge in [0.1, 0.15) is 23.8 Å². The topological polar surface area (TPSA) is 128 Å². The van der Waals surface area contributed by atoms with Crippen LogP contribution in [0.5, 0.6) is 0 Å². The number of aromatic nitrogens is 4. The summed E-state index contributed by atoms with van der Waals surface area (Å²) in [4.78, 5) is 35.4. The number of hydrogen-bond acceptors (Lipinski definition) is 7. The van der Waals surface area contributed by atoms with Crippen LogP contribution < -0.4 is 10.6 Å². The monoisotopic (exact) mass is 449 g/mol. The molecule has 2 aromatic carbocycles. The second kappa shape index (κ2) is 8.82. The molecule has 2 heterocycles. The van der Waals surface area contributed by atoms with Crippen LogP contribution in [-0.2, 0) is 0 Å². The normalized spacial score (nSPS) is 10.6. The largest absolute Gasteiger partial charge is 0.340 e. The molecule has 160 valence electrons. The van der Waals surface area contributed by atoms with Crippen LogP contribution in [0, 0.1) is 17.0 Å². The van der Waals surface area contributed by atoms with E-state index in [1.807, 2.05) is 17.7 Å². The van der Waals surface area contributed by atoms with Crippen molar-refractivity contribution in [3.63, 3.8) is 0 Å². The summed E-state index contributed by atoms with van der Waals surface area (Å²) in [6.07, 6.45) is 4.97. The Morgan fingerprint density at radius 2 is 1.81 bits per heavy atom. The van der Waals surface area contributed by atoms with Gasteiger partial charge < -0.3 is 10.6 Å². The van der Waals surface area contributed by atoms with Crippen LogP contribution in [-0.4, -0.2) is 30.3 Å². The summed E-state index contributed by atoms with van der Waals surface area (Å²) < 4.78 is 1.84. The van der Waals surface area contributed by atoms with E-state index in [0.717, 1.165) is 17.6 Å². The van der Waals surface area contributed by atoms with E-state index in [4.69, 9.17) is 11.6 Å². The number of amides is 1. The molecular formula is C21H16ClN7O3. The second-order valence-electron chi connectivity index (χ2n) is 6.68. The zero-order valence-electron chi connectivity index (χ0n) is 16.7. The van der Waals surface area contributed by atoms with Gasteiger partial charge in [-0.2, -0.15) is 0 Å². The summed E-state index contributed by atoms with van der Waals surface area (Å²) in [6, 6.07) is 12.5. The summed E-state index contributed by atoms with van der Waals surface area (Å²) in [5.41, 5.74) is 1.25. The van der Waals surface area contributed by atoms with Crippen molar-refractivity contribution >= 4 is 40.4 Å². The minimum Gasteiger partial charge on any atom is -0.340 e. The molecule has 0 bridgehead atoms. The molecule has 0 saturated heterocycles. The average Bonchev–Trinajstić information content (AvgIpc) is 3.21. The van der Waals surface area contributed by atoms with Crippen molar-refractivity contribution in [1.29, 1.82) is 0 Å². The molecule has 0 radical (unpaired) electrons. The number of benzene rings is 2. The number of nitrogens with zero attached hydrogens (tertiary/aromatic N) is 5. The Labute approximate surface area is 187 Å². The van der Waals surface area contributed by atoms with Gasteiger partial charge in [-0.3, -0.25) is 19.5 Å². The number of nitrogens with one attached hydrogen (secondary N) is 2. The van der Waals surface area contributed by atoms with Crippen molar-refractivity contribution in [3.05, 3.63) is 93.8 Å². The number of carbonyl (C=O) groups excluding carboxylic acids is 1. The fraction of sp³-hybridized carbons (Fsp3) is 0.0476. The standard InChI is InChI=1S/C21H16ClN7O3/c1-13-23-8-9-28(13)20-11-19(24-12-25-20)26-14-2-4-15(5-3-14)27-21(30)17-7-6-16(29(31)32)10-18(17)22/h2-12H,1H3,(H,27,30)(H,24,25,26). The van der Waals surface area contributed by atoms with Crippen molar-refractivity contribution in [2.45, 2.75) is 6.92 Å². The van der Waals surface area contributed by atoms with Crippen LogP contribution in [0.15, 0.2) is 67.3 Å². The molecule has 0 unspecified atom stereocenters. The molecule has 2 N–H and O–H groups in total. The fourth-order valence-electron chi connectivity index (χ4n) is 2.95. The molecule has 4 rings (SSSR count). The second-order valence-corrected chi connectivity index (χ2v) is 7.09. The number of nitro benzene ring substituents is 1. The van der Waals surface area contributed by atoms with Crippen LogP contribution >= 0.6 is 11.6 Å². The lowest BCUT2D eigenvalue weighted by molar-refractivity contribution is -0.384. The maximum Gasteiger partial charge on any atom is 0.270 e. The van der Waals surface area contributed by atoms with Gasteiger partial charge in [0, 0.05) is 42.0 Å². The Morgan fingerprint density at radius 3 is 2.47 bits per heavy atom. The SMILES string of the molecule is Cc1nccn1-c1cc(Nc2ccc(NC(=O)c3ccc([N+](=O)[O-])cc3Cl)cc2)ncn1. The first-order valence-electron chi connectivity index (χ1n) is 9.35. The minimum absolute atomic E-state index is 0.00248. The first-order chi connectivity index (χ1) is 15.4. The predicted octanol–water partition coefficient (Wildman–Crippen LogP) is 4.53. The van der Waals surface area contributed by atoms with E-state index >= 15 is 0 Å². The number of nitro groups is 1. The van der Waals surface area contributed by atoms with Gasteiger partial charge in [0.05, 0.1) is 15.5 Å². The van der Waals surface area contributed by atoms with E-state index in [2.05, 4.69) is 25.6 Å². The predicted molar refractivity (Wildman–Crippen MR) is 120 cm³/mol. The van der Waals surface area contributed by atoms with Gasteiger partial charge in [-0.25, -0.2) is 15.0 Å². The van der Waals surface area contributed by atoms with Crippen molar-refractivity contribution in [2.24, 2.45) is 0 Å². The molecule has 1 amide bonds. The van der Waals surface area contributed by atoms with E-state index in [-0.39, 0.29) is 16.3 Å². The summed E-state index contributed by atoms with van der Waals surface area (Å²) >= 11 is 6.02. The molecule has 2 aromatic heterocycles. The van der Waals surface area contributed by atoms with Gasteiger partial charge in [0.15, 0.2) is 0 Å². The number of non-ortho nitro benzene ring substituents is 1. The number of aryl methyl sites for hydroxylation is 1. The molecule has 10 nitrogen and oxygen atoms in total. The minimum atomic E-state index is -0.573. The number of halogens is 1. The average molecular weight is 450 g/mol. The molecule has 0 aliphatic heterocycles. The quantitative estimate of drug-likeness (QED) is 0.327. The maximum absolute atomic E-state index is 12.5. The van der Waals surface area contributed by atoms with Gasteiger partial charge in [-0.1, -0.05) is 11.6 Å². The summed E-state index contributed by atoms with van der Waals surface area (Å²) in [5, 5.41) is 16.7. The molecule has 0 spiro atoms. The third-order valence-corrected chi connectivity index (χ3v) is 4.86. The van der Waals surface area contributed by atoms with Gasteiger partial charge >= 0.3 is 0 Å². The van der Waals surface area contributed by atoms with E-state index in [1.54, 1.807) is 36.5 Å². The molecule has 0 aliphatic carbocycles. The lowest BCUT2D eigenvalue weighted by Gasteiger charge is -2.10. The lowest BCUT2D eigenvalue weighted by Crippen LogP contribution is -2.12. The Morgan fingerprint density at radius 1 is 1.06 bits per heavy atom. The molecule has 32 heavy (non-hydrogen) atoms. The molecule has 0 saturated carbocycles. The summed E-state index contributed by atoms with van der Waals surface area (Å²) in [7, 11) is 0. The highest BCUT2D eigenvalue weighted by Crippen LogP contribution is 2.24. The van der Waals surface area contributed by atoms with Crippen LogP contribution in [0.25, 0.3) is 5.82 Å². The van der Waals surface area contributed by atoms with Gasteiger partial charge in [0.25, 0.3) is 11.6 Å². The van der Waals surface area contributed by atoms with Crippen LogP contribution in [0.1, 0.15) is 16.2 Å².